The molecule has 5 rings (SSSR count). The molecule has 0 aliphatic heterocycles. The van der Waals surface area contributed by atoms with Crippen LogP contribution in [0.5, 0.6) is 0 Å². The highest BCUT2D eigenvalue weighted by Crippen LogP contribution is 2.43. The van der Waals surface area contributed by atoms with Gasteiger partial charge >= 0.3 is 0 Å². The van der Waals surface area contributed by atoms with E-state index >= 15 is 0 Å². The molecule has 130 valence electrons. The first-order chi connectivity index (χ1) is 12.8. The van der Waals surface area contributed by atoms with Gasteiger partial charge < -0.3 is 0 Å². The molecule has 1 aliphatic rings. The molecule has 0 radical (unpaired) electrons. The van der Waals surface area contributed by atoms with Crippen LogP contribution in [-0.2, 0) is 0 Å². The number of thioether (sulfide) groups is 1. The lowest BCUT2D eigenvalue weighted by Crippen LogP contribution is -2.00. The fourth-order valence-electron chi connectivity index (χ4n) is 2.67. The Balaban J connectivity index is 1.58. The Morgan fingerprint density at radius 2 is 2.00 bits per heavy atom. The number of hydrogen-bond donors (Lipinski definition) is 0. The molecule has 1 saturated carbocycles. The van der Waals surface area contributed by atoms with Gasteiger partial charge in [-0.05, 0) is 43.0 Å². The molecule has 0 bridgehead atoms. The first-order valence-corrected chi connectivity index (χ1v) is 10.9. The quantitative estimate of drug-likeness (QED) is 0.368. The van der Waals surface area contributed by atoms with Crippen LogP contribution in [0.15, 0.2) is 45.4 Å². The first kappa shape index (κ1) is 16.2. The third-order valence-corrected chi connectivity index (χ3v) is 7.15. The lowest BCUT2D eigenvalue weighted by Gasteiger charge is -2.08. The van der Waals surface area contributed by atoms with Gasteiger partial charge in [0.05, 0.1) is 0 Å². The minimum Gasteiger partial charge on any atom is -0.299 e. The number of aromatic nitrogens is 7. The predicted octanol–water partition coefficient (Wildman–Crippen LogP) is 3.95. The average molecular weight is 400 g/mol. The van der Waals surface area contributed by atoms with E-state index in [0.717, 1.165) is 49.1 Å². The minimum absolute atomic E-state index is 0.455. The Bertz CT molecular complexity index is 1070. The number of rotatable bonds is 5. The zero-order valence-corrected chi connectivity index (χ0v) is 16.2. The van der Waals surface area contributed by atoms with Crippen molar-refractivity contribution in [2.45, 2.75) is 33.4 Å². The van der Waals surface area contributed by atoms with Crippen LogP contribution in [0.3, 0.4) is 0 Å². The van der Waals surface area contributed by atoms with Crippen LogP contribution in [-0.4, -0.2) is 41.0 Å². The van der Waals surface area contributed by atoms with Crippen molar-refractivity contribution in [3.05, 3.63) is 30.9 Å². The Kier molecular flexibility index (Phi) is 4.10. The van der Waals surface area contributed by atoms with Crippen molar-refractivity contribution in [2.24, 2.45) is 0 Å². The summed E-state index contributed by atoms with van der Waals surface area (Å²) in [6.07, 6.45) is 9.45. The molecule has 4 aromatic rings. The summed E-state index contributed by atoms with van der Waals surface area (Å²) >= 11 is 4.77. The van der Waals surface area contributed by atoms with E-state index in [2.05, 4.69) is 34.7 Å². The maximum Gasteiger partial charge on any atom is 0.198 e. The van der Waals surface area contributed by atoms with Crippen LogP contribution >= 0.6 is 34.9 Å². The van der Waals surface area contributed by atoms with Crippen LogP contribution in [0.2, 0.25) is 0 Å². The van der Waals surface area contributed by atoms with Crippen molar-refractivity contribution in [1.29, 1.82) is 0 Å². The van der Waals surface area contributed by atoms with Gasteiger partial charge in [0, 0.05) is 24.0 Å². The number of hydrogen-bond acceptors (Lipinski definition) is 9. The van der Waals surface area contributed by atoms with E-state index in [1.165, 1.54) is 11.8 Å². The molecule has 0 unspecified atom stereocenters. The second kappa shape index (κ2) is 6.60. The molecule has 10 heteroatoms. The van der Waals surface area contributed by atoms with Crippen molar-refractivity contribution in [1.82, 2.24) is 34.7 Å². The van der Waals surface area contributed by atoms with Crippen molar-refractivity contribution >= 4 is 45.2 Å². The van der Waals surface area contributed by atoms with Crippen molar-refractivity contribution in [3.8, 4) is 11.4 Å². The van der Waals surface area contributed by atoms with E-state index in [1.54, 1.807) is 41.8 Å². The van der Waals surface area contributed by atoms with Crippen molar-refractivity contribution in [2.75, 3.05) is 6.26 Å². The third-order valence-electron chi connectivity index (χ3n) is 4.02. The van der Waals surface area contributed by atoms with E-state index in [9.17, 15) is 0 Å². The molecule has 0 amide bonds. The van der Waals surface area contributed by atoms with Gasteiger partial charge in [0.15, 0.2) is 21.0 Å². The van der Waals surface area contributed by atoms with Gasteiger partial charge in [-0.3, -0.25) is 9.55 Å². The monoisotopic (exact) mass is 399 g/mol. The van der Waals surface area contributed by atoms with Crippen LogP contribution < -0.4 is 0 Å². The SMILES string of the molecule is CSc1nc2ncnc(Sc3nnc(-c4ccncc4)n3C3CC3)c2s1. The Morgan fingerprint density at radius 1 is 1.15 bits per heavy atom. The first-order valence-electron chi connectivity index (χ1n) is 8.02. The molecule has 4 aromatic heterocycles. The summed E-state index contributed by atoms with van der Waals surface area (Å²) < 4.78 is 4.21. The van der Waals surface area contributed by atoms with Gasteiger partial charge in [-0.2, -0.15) is 0 Å². The number of thiazole rings is 1. The predicted molar refractivity (Wildman–Crippen MR) is 103 cm³/mol. The molecule has 7 nitrogen and oxygen atoms in total. The highest BCUT2D eigenvalue weighted by molar-refractivity contribution is 8.00. The second-order valence-electron chi connectivity index (χ2n) is 5.76. The van der Waals surface area contributed by atoms with Gasteiger partial charge in [0.1, 0.15) is 16.1 Å². The molecule has 0 saturated heterocycles. The van der Waals surface area contributed by atoms with E-state index in [-0.39, 0.29) is 0 Å². The van der Waals surface area contributed by atoms with Crippen LogP contribution in [0.4, 0.5) is 0 Å². The molecule has 4 heterocycles. The fraction of sp³-hybridized carbons (Fsp3) is 0.250. The summed E-state index contributed by atoms with van der Waals surface area (Å²) in [5.74, 6) is 0.886. The molecule has 0 aromatic carbocycles. The van der Waals surface area contributed by atoms with Gasteiger partial charge in [-0.1, -0.05) is 11.8 Å². The largest absolute Gasteiger partial charge is 0.299 e. The number of pyridine rings is 1. The van der Waals surface area contributed by atoms with Gasteiger partial charge in [0.2, 0.25) is 0 Å². The summed E-state index contributed by atoms with van der Waals surface area (Å²) in [5.41, 5.74) is 1.77. The summed E-state index contributed by atoms with van der Waals surface area (Å²) in [6, 6.07) is 4.39. The highest BCUT2D eigenvalue weighted by atomic mass is 32.2. The van der Waals surface area contributed by atoms with Crippen LogP contribution in [0.25, 0.3) is 21.7 Å². The highest BCUT2D eigenvalue weighted by Gasteiger charge is 2.30. The lowest BCUT2D eigenvalue weighted by molar-refractivity contribution is 0.669. The van der Waals surface area contributed by atoms with Crippen LogP contribution in [0.1, 0.15) is 18.9 Å². The van der Waals surface area contributed by atoms with Gasteiger partial charge in [-0.25, -0.2) is 15.0 Å². The molecule has 1 fully saturated rings. The summed E-state index contributed by atoms with van der Waals surface area (Å²) in [7, 11) is 0. The van der Waals surface area contributed by atoms with E-state index < -0.39 is 0 Å². The number of fused-ring (bicyclic) bond motifs is 1. The standard InChI is InChI=1S/C16H13N7S3/c1-24-16-20-12-11(25-16)14(19-8-18-12)26-15-22-21-13(23(15)10-2-3-10)9-4-6-17-7-5-9/h4-8,10H,2-3H2,1H3. The maximum absolute atomic E-state index is 4.52. The normalized spacial score (nSPS) is 14.2. The average Bonchev–Trinajstić information content (AvgIpc) is 3.28. The Hall–Kier alpha value is -2.04. The van der Waals surface area contributed by atoms with Gasteiger partial charge in [-0.15, -0.1) is 21.5 Å². The van der Waals surface area contributed by atoms with E-state index in [4.69, 9.17) is 0 Å². The summed E-state index contributed by atoms with van der Waals surface area (Å²) in [5, 5.41) is 10.6. The second-order valence-corrected chi connectivity index (χ2v) is 8.77. The number of nitrogens with zero attached hydrogens (tertiary/aromatic N) is 7. The molecular formula is C16H13N7S3. The Morgan fingerprint density at radius 3 is 2.77 bits per heavy atom. The zero-order valence-electron chi connectivity index (χ0n) is 13.7. The lowest BCUT2D eigenvalue weighted by atomic mass is 10.2. The van der Waals surface area contributed by atoms with Crippen molar-refractivity contribution in [3.63, 3.8) is 0 Å². The maximum atomic E-state index is 4.52. The molecule has 0 spiro atoms. The summed E-state index contributed by atoms with van der Waals surface area (Å²) in [6.45, 7) is 0. The van der Waals surface area contributed by atoms with Crippen LogP contribution in [0, 0.1) is 0 Å². The minimum atomic E-state index is 0.455. The summed E-state index contributed by atoms with van der Waals surface area (Å²) in [4.78, 5) is 17.4. The molecule has 0 atom stereocenters. The molecule has 1 aliphatic carbocycles. The smallest absolute Gasteiger partial charge is 0.198 e. The zero-order chi connectivity index (χ0) is 17.5. The van der Waals surface area contributed by atoms with E-state index in [1.807, 2.05) is 18.4 Å². The van der Waals surface area contributed by atoms with E-state index in [0.29, 0.717) is 6.04 Å². The fourth-order valence-corrected chi connectivity index (χ4v) is 5.19. The molecular weight excluding hydrogens is 386 g/mol. The molecule has 26 heavy (non-hydrogen) atoms. The topological polar surface area (TPSA) is 82.3 Å². The molecule has 0 N–H and O–H groups in total. The van der Waals surface area contributed by atoms with Gasteiger partial charge in [0.25, 0.3) is 0 Å². The Labute approximate surface area is 161 Å². The van der Waals surface area contributed by atoms with Crippen molar-refractivity contribution < 1.29 is 0 Å². The third kappa shape index (κ3) is 2.87.